The Morgan fingerprint density at radius 2 is 1.86 bits per heavy atom. The minimum absolute atomic E-state index is 0.317. The number of nitrogens with one attached hydrogen (secondary N) is 1. The molecule has 3 aliphatic heterocycles. The summed E-state index contributed by atoms with van der Waals surface area (Å²) in [5.41, 5.74) is 0. The first-order valence-electron chi connectivity index (χ1n) is 8.60. The molecule has 0 amide bonds. The van der Waals surface area contributed by atoms with Crippen LogP contribution in [0.4, 0.5) is 0 Å². The summed E-state index contributed by atoms with van der Waals surface area (Å²) >= 11 is 0. The number of nitrogens with zero attached hydrogens (tertiary/aromatic N) is 2. The molecule has 3 saturated heterocycles. The van der Waals surface area contributed by atoms with Gasteiger partial charge in [-0.05, 0) is 58.2 Å². The number of hydrogen-bond acceptors (Lipinski definition) is 4. The van der Waals surface area contributed by atoms with Crippen LogP contribution >= 0.6 is 0 Å². The highest BCUT2D eigenvalue weighted by Crippen LogP contribution is 2.23. The molecule has 6 heteroatoms. The minimum Gasteiger partial charge on any atom is -0.314 e. The molecule has 3 aliphatic rings. The lowest BCUT2D eigenvalue weighted by molar-refractivity contribution is 0.257. The molecule has 3 rings (SSSR count). The smallest absolute Gasteiger partial charge is 0.214 e. The molecule has 122 valence electrons. The zero-order valence-electron chi connectivity index (χ0n) is 13.0. The second kappa shape index (κ2) is 6.94. The van der Waals surface area contributed by atoms with Crippen molar-refractivity contribution >= 4 is 10.0 Å². The minimum atomic E-state index is -3.08. The molecule has 0 radical (unpaired) electrons. The summed E-state index contributed by atoms with van der Waals surface area (Å²) in [7, 11) is -3.08. The summed E-state index contributed by atoms with van der Waals surface area (Å²) in [4.78, 5) is 2.48. The molecule has 3 heterocycles. The monoisotopic (exact) mass is 315 g/mol. The van der Waals surface area contributed by atoms with Crippen LogP contribution in [0.1, 0.15) is 44.9 Å². The average molecular weight is 315 g/mol. The van der Waals surface area contributed by atoms with Crippen LogP contribution in [0.5, 0.6) is 0 Å². The number of fused-ring (bicyclic) bond motifs is 1. The van der Waals surface area contributed by atoms with Crippen molar-refractivity contribution in [1.29, 1.82) is 0 Å². The van der Waals surface area contributed by atoms with Crippen molar-refractivity contribution in [1.82, 2.24) is 14.5 Å². The van der Waals surface area contributed by atoms with Crippen LogP contribution in [-0.2, 0) is 10.0 Å². The lowest BCUT2D eigenvalue weighted by Crippen LogP contribution is -2.42. The molecule has 21 heavy (non-hydrogen) atoms. The third-order valence-corrected chi connectivity index (χ3v) is 7.17. The van der Waals surface area contributed by atoms with Crippen LogP contribution in [0.2, 0.25) is 0 Å². The Hall–Kier alpha value is -0.170. The summed E-state index contributed by atoms with van der Waals surface area (Å²) in [5, 5.41) is 3.45. The molecule has 2 unspecified atom stereocenters. The van der Waals surface area contributed by atoms with E-state index >= 15 is 0 Å². The van der Waals surface area contributed by atoms with Gasteiger partial charge in [-0.3, -0.25) is 4.90 Å². The van der Waals surface area contributed by atoms with Crippen molar-refractivity contribution in [3.05, 3.63) is 0 Å². The summed E-state index contributed by atoms with van der Waals surface area (Å²) in [6.07, 6.45) is 7.74. The first kappa shape index (κ1) is 15.7. The lowest BCUT2D eigenvalue weighted by Gasteiger charge is -2.27. The van der Waals surface area contributed by atoms with Crippen molar-refractivity contribution in [2.45, 2.75) is 57.0 Å². The van der Waals surface area contributed by atoms with E-state index in [9.17, 15) is 8.42 Å². The van der Waals surface area contributed by atoms with Crippen LogP contribution < -0.4 is 5.32 Å². The Labute approximate surface area is 129 Å². The largest absolute Gasteiger partial charge is 0.314 e. The van der Waals surface area contributed by atoms with Gasteiger partial charge in [-0.15, -0.1) is 0 Å². The molecule has 0 saturated carbocycles. The van der Waals surface area contributed by atoms with Crippen molar-refractivity contribution in [2.75, 3.05) is 38.5 Å². The zero-order chi connectivity index (χ0) is 14.7. The van der Waals surface area contributed by atoms with Crippen molar-refractivity contribution in [3.63, 3.8) is 0 Å². The first-order chi connectivity index (χ1) is 10.1. The number of rotatable bonds is 4. The first-order valence-corrected chi connectivity index (χ1v) is 10.2. The highest BCUT2D eigenvalue weighted by atomic mass is 32.2. The van der Waals surface area contributed by atoms with Gasteiger partial charge in [0.1, 0.15) is 0 Å². The summed E-state index contributed by atoms with van der Waals surface area (Å²) in [6, 6.07) is 0.874. The van der Waals surface area contributed by atoms with Crippen LogP contribution in [0.3, 0.4) is 0 Å². The number of piperidine rings is 1. The van der Waals surface area contributed by atoms with Crippen LogP contribution in [-0.4, -0.2) is 68.2 Å². The van der Waals surface area contributed by atoms with Crippen molar-refractivity contribution < 1.29 is 8.42 Å². The van der Waals surface area contributed by atoms with E-state index in [0.717, 1.165) is 51.9 Å². The van der Waals surface area contributed by atoms with Gasteiger partial charge in [0, 0.05) is 25.2 Å². The molecule has 1 N–H and O–H groups in total. The second-order valence-corrected chi connectivity index (χ2v) is 8.88. The Morgan fingerprint density at radius 1 is 1.00 bits per heavy atom. The average Bonchev–Trinajstić information content (AvgIpc) is 2.83. The van der Waals surface area contributed by atoms with Crippen molar-refractivity contribution in [2.24, 2.45) is 0 Å². The van der Waals surface area contributed by atoms with Gasteiger partial charge < -0.3 is 5.32 Å². The zero-order valence-corrected chi connectivity index (χ0v) is 13.8. The molecular formula is C15H29N3O2S. The van der Waals surface area contributed by atoms with E-state index in [1.807, 2.05) is 0 Å². The van der Waals surface area contributed by atoms with Gasteiger partial charge in [0.15, 0.2) is 0 Å². The molecule has 0 aromatic rings. The topological polar surface area (TPSA) is 52.7 Å². The van der Waals surface area contributed by atoms with E-state index in [-0.39, 0.29) is 0 Å². The standard InChI is InChI=1S/C15H29N3O2S/c19-21(20,12-7-14-5-1-2-8-16-14)18-11-4-10-17-9-3-6-15(17)13-18/h14-16H,1-13H2. The number of sulfonamides is 1. The van der Waals surface area contributed by atoms with Gasteiger partial charge in [0.25, 0.3) is 0 Å². The maximum absolute atomic E-state index is 12.6. The van der Waals surface area contributed by atoms with Gasteiger partial charge in [-0.25, -0.2) is 12.7 Å². The van der Waals surface area contributed by atoms with E-state index in [4.69, 9.17) is 0 Å². The highest BCUT2D eigenvalue weighted by Gasteiger charge is 2.33. The molecule has 0 aliphatic carbocycles. The molecule has 3 fully saturated rings. The summed E-state index contributed by atoms with van der Waals surface area (Å²) < 4.78 is 27.1. The predicted octanol–water partition coefficient (Wildman–Crippen LogP) is 1.02. The van der Waals surface area contributed by atoms with Gasteiger partial charge in [-0.2, -0.15) is 0 Å². The quantitative estimate of drug-likeness (QED) is 0.841. The predicted molar refractivity (Wildman–Crippen MR) is 84.8 cm³/mol. The molecule has 2 atom stereocenters. The van der Waals surface area contributed by atoms with Crippen LogP contribution in [0.15, 0.2) is 0 Å². The number of hydrogen-bond donors (Lipinski definition) is 1. The van der Waals surface area contributed by atoms with Gasteiger partial charge >= 0.3 is 0 Å². The van der Waals surface area contributed by atoms with Crippen LogP contribution in [0, 0.1) is 0 Å². The second-order valence-electron chi connectivity index (χ2n) is 6.80. The third kappa shape index (κ3) is 3.97. The lowest BCUT2D eigenvalue weighted by atomic mass is 10.0. The van der Waals surface area contributed by atoms with E-state index < -0.39 is 10.0 Å². The Bertz CT molecular complexity index is 434. The maximum Gasteiger partial charge on any atom is 0.214 e. The van der Waals surface area contributed by atoms with E-state index in [2.05, 4.69) is 10.2 Å². The molecule has 0 aromatic carbocycles. The van der Waals surface area contributed by atoms with E-state index in [1.165, 1.54) is 19.3 Å². The summed E-state index contributed by atoms with van der Waals surface area (Å²) in [5.74, 6) is 0.317. The maximum atomic E-state index is 12.6. The summed E-state index contributed by atoms with van der Waals surface area (Å²) in [6.45, 7) is 4.71. The fraction of sp³-hybridized carbons (Fsp3) is 1.00. The van der Waals surface area contributed by atoms with Crippen molar-refractivity contribution in [3.8, 4) is 0 Å². The van der Waals surface area contributed by atoms with E-state index in [1.54, 1.807) is 4.31 Å². The molecule has 0 spiro atoms. The van der Waals surface area contributed by atoms with E-state index in [0.29, 0.717) is 24.4 Å². The Balaban J connectivity index is 1.55. The fourth-order valence-electron chi connectivity index (χ4n) is 4.02. The Kier molecular flexibility index (Phi) is 5.19. The van der Waals surface area contributed by atoms with Gasteiger partial charge in [0.05, 0.1) is 5.75 Å². The molecule has 0 bridgehead atoms. The van der Waals surface area contributed by atoms with Crippen LogP contribution in [0.25, 0.3) is 0 Å². The van der Waals surface area contributed by atoms with Gasteiger partial charge in [0.2, 0.25) is 10.0 Å². The van der Waals surface area contributed by atoms with Gasteiger partial charge in [-0.1, -0.05) is 6.42 Å². The Morgan fingerprint density at radius 3 is 2.67 bits per heavy atom. The molecular weight excluding hydrogens is 286 g/mol. The highest BCUT2D eigenvalue weighted by molar-refractivity contribution is 7.89. The third-order valence-electron chi connectivity index (χ3n) is 5.30. The normalized spacial score (nSPS) is 32.8. The SMILES string of the molecule is O=S(=O)(CCC1CCCCN1)N1CCCN2CCCC2C1. The molecule has 5 nitrogen and oxygen atoms in total. The molecule has 0 aromatic heterocycles. The fourth-order valence-corrected chi connectivity index (χ4v) is 5.66.